The number of carboxylic acids is 2. The molecule has 0 unspecified atom stereocenters. The van der Waals surface area contributed by atoms with Crippen LogP contribution in [0.2, 0.25) is 0 Å². The molecule has 0 aliphatic heterocycles. The number of aryl methyl sites for hydroxylation is 1. The Hall–Kier alpha value is -1.93. The Labute approximate surface area is 168 Å². The van der Waals surface area contributed by atoms with Crippen molar-refractivity contribution in [2.24, 2.45) is 0 Å². The van der Waals surface area contributed by atoms with Gasteiger partial charge in [0.05, 0.1) is 16.1 Å². The lowest BCUT2D eigenvalue weighted by molar-refractivity contribution is -0.192. The molecule has 0 atom stereocenters. The third-order valence-corrected chi connectivity index (χ3v) is 6.06. The number of nitrogens with one attached hydrogen (secondary N) is 2. The molecule has 156 valence electrons. The van der Waals surface area contributed by atoms with Crippen molar-refractivity contribution in [1.29, 1.82) is 0 Å². The minimum atomic E-state index is -5.08. The number of aromatic amines is 1. The number of hydrogen-bond donors (Lipinski definition) is 4. The van der Waals surface area contributed by atoms with Gasteiger partial charge in [0.15, 0.2) is 0 Å². The number of carbonyl (C=O) groups is 3. The van der Waals surface area contributed by atoms with E-state index in [1.54, 1.807) is 22.1 Å². The largest absolute Gasteiger partial charge is 0.490 e. The van der Waals surface area contributed by atoms with Crippen LogP contribution < -0.4 is 5.32 Å². The summed E-state index contributed by atoms with van der Waals surface area (Å²) < 4.78 is 32.7. The van der Waals surface area contributed by atoms with E-state index in [1.165, 1.54) is 10.8 Å². The highest BCUT2D eigenvalue weighted by Crippen LogP contribution is 2.22. The molecular weight excluding hydrogens is 443 g/mol. The Morgan fingerprint density at radius 3 is 2.39 bits per heavy atom. The molecule has 0 saturated heterocycles. The highest BCUT2D eigenvalue weighted by Gasteiger charge is 2.38. The number of nitrogens with zero attached hydrogens (tertiary/aromatic N) is 1. The van der Waals surface area contributed by atoms with Gasteiger partial charge in [0, 0.05) is 18.1 Å². The molecule has 14 heteroatoms. The number of alkyl halides is 3. The van der Waals surface area contributed by atoms with Crippen molar-refractivity contribution in [3.05, 3.63) is 16.8 Å². The first-order valence-corrected chi connectivity index (χ1v) is 10.8. The molecule has 8 nitrogen and oxygen atoms in total. The number of halogens is 3. The zero-order valence-corrected chi connectivity index (χ0v) is 16.8. The summed E-state index contributed by atoms with van der Waals surface area (Å²) in [5, 5.41) is 19.4. The summed E-state index contributed by atoms with van der Waals surface area (Å²) in [6.07, 6.45) is -4.92. The topological polar surface area (TPSA) is 132 Å². The summed E-state index contributed by atoms with van der Waals surface area (Å²) in [5.41, 5.74) is 1.27. The average molecular weight is 459 g/mol. The monoisotopic (exact) mass is 459 g/mol. The van der Waals surface area contributed by atoms with Crippen LogP contribution >= 0.6 is 32.9 Å². The molecule has 2 rings (SSSR count). The quantitative estimate of drug-likeness (QED) is 0.350. The van der Waals surface area contributed by atoms with Crippen LogP contribution in [0, 0.1) is 6.92 Å². The van der Waals surface area contributed by atoms with E-state index >= 15 is 0 Å². The number of carbonyl (C=O) groups excluding carboxylic acids is 1. The normalized spacial score (nSPS) is 11.0. The van der Waals surface area contributed by atoms with Crippen molar-refractivity contribution >= 4 is 61.1 Å². The summed E-state index contributed by atoms with van der Waals surface area (Å²) >= 11 is 1.55. The van der Waals surface area contributed by atoms with Gasteiger partial charge in [0.2, 0.25) is 0 Å². The number of aromatic nitrogens is 2. The summed E-state index contributed by atoms with van der Waals surface area (Å²) in [6, 6.07) is 1.81. The second-order valence-corrected chi connectivity index (χ2v) is 8.91. The van der Waals surface area contributed by atoms with E-state index in [9.17, 15) is 22.8 Å². The van der Waals surface area contributed by atoms with Crippen LogP contribution in [0.1, 0.15) is 21.9 Å². The van der Waals surface area contributed by atoms with Crippen LogP contribution in [0.5, 0.6) is 0 Å². The molecule has 0 radical (unpaired) electrons. The fourth-order valence-corrected chi connectivity index (χ4v) is 4.31. The van der Waals surface area contributed by atoms with E-state index in [0.29, 0.717) is 18.0 Å². The molecular formula is C14H16F3N3O5S3. The van der Waals surface area contributed by atoms with Crippen molar-refractivity contribution in [2.75, 3.05) is 18.1 Å². The second-order valence-electron chi connectivity index (χ2n) is 4.98. The third kappa shape index (κ3) is 8.84. The summed E-state index contributed by atoms with van der Waals surface area (Å²) in [7, 11) is 3.06. The van der Waals surface area contributed by atoms with Gasteiger partial charge in [-0.3, -0.25) is 9.59 Å². The number of carboxylic acid groups (broad SMARTS) is 2. The van der Waals surface area contributed by atoms with E-state index in [-0.39, 0.29) is 12.3 Å². The van der Waals surface area contributed by atoms with Crippen LogP contribution in [-0.2, 0) is 9.59 Å². The van der Waals surface area contributed by atoms with Gasteiger partial charge >= 0.3 is 18.1 Å². The highest BCUT2D eigenvalue weighted by molar-refractivity contribution is 8.76. The average Bonchev–Trinajstić information content (AvgIpc) is 3.10. The standard InChI is InChI=1S/C12H15N3O3S3.C2HF3O2/c1-7-14-11-9(21-7)6-8(15-11)12(18)13-3-5-20-19-4-2-10(16)17;3-2(4,5)1(6)7/h6,15H,2-5H2,1H3,(H,13,18)(H,16,17);(H,6,7). The zero-order chi connectivity index (χ0) is 21.3. The van der Waals surface area contributed by atoms with Gasteiger partial charge in [-0.05, 0) is 13.0 Å². The third-order valence-electron chi connectivity index (χ3n) is 2.73. The lowest BCUT2D eigenvalue weighted by Gasteiger charge is -2.03. The number of hydrogen-bond acceptors (Lipinski definition) is 7. The van der Waals surface area contributed by atoms with E-state index in [4.69, 9.17) is 15.0 Å². The molecule has 0 fully saturated rings. The van der Waals surface area contributed by atoms with Gasteiger partial charge in [-0.1, -0.05) is 21.6 Å². The SMILES string of the molecule is Cc1nc2[nH]c(C(=O)NCCSSCCC(=O)O)cc2s1.O=C(O)C(F)(F)F. The fraction of sp³-hybridized carbons (Fsp3) is 0.429. The first-order chi connectivity index (χ1) is 13.0. The minimum Gasteiger partial charge on any atom is -0.481 e. The molecule has 0 aliphatic rings. The zero-order valence-electron chi connectivity index (χ0n) is 14.3. The number of H-pyrrole nitrogens is 1. The molecule has 1 amide bonds. The fourth-order valence-electron chi connectivity index (χ4n) is 1.60. The predicted molar refractivity (Wildman–Crippen MR) is 102 cm³/mol. The Bertz CT molecular complexity index is 791. The molecule has 0 bridgehead atoms. The summed E-state index contributed by atoms with van der Waals surface area (Å²) in [4.78, 5) is 38.4. The number of thiazole rings is 1. The van der Waals surface area contributed by atoms with Gasteiger partial charge in [0.1, 0.15) is 11.3 Å². The van der Waals surface area contributed by atoms with E-state index < -0.39 is 18.1 Å². The Balaban J connectivity index is 0.000000480. The van der Waals surface area contributed by atoms with Gasteiger partial charge in [-0.2, -0.15) is 13.2 Å². The van der Waals surface area contributed by atoms with Gasteiger partial charge in [0.25, 0.3) is 5.91 Å². The maximum absolute atomic E-state index is 11.9. The first kappa shape index (κ1) is 24.1. The second kappa shape index (κ2) is 11.2. The lowest BCUT2D eigenvalue weighted by atomic mass is 10.4. The van der Waals surface area contributed by atoms with Gasteiger partial charge in [-0.25, -0.2) is 9.78 Å². The predicted octanol–water partition coefficient (Wildman–Crippen LogP) is 3.15. The highest BCUT2D eigenvalue weighted by atomic mass is 33.1. The Morgan fingerprint density at radius 2 is 1.86 bits per heavy atom. The Morgan fingerprint density at radius 1 is 1.25 bits per heavy atom. The van der Waals surface area contributed by atoms with Crippen molar-refractivity contribution in [1.82, 2.24) is 15.3 Å². The van der Waals surface area contributed by atoms with Gasteiger partial charge in [-0.15, -0.1) is 11.3 Å². The first-order valence-electron chi connectivity index (χ1n) is 7.51. The van der Waals surface area contributed by atoms with Crippen molar-refractivity contribution < 1.29 is 37.8 Å². The number of aliphatic carboxylic acids is 2. The smallest absolute Gasteiger partial charge is 0.481 e. The van der Waals surface area contributed by atoms with Gasteiger partial charge < -0.3 is 20.5 Å². The lowest BCUT2D eigenvalue weighted by Crippen LogP contribution is -2.25. The minimum absolute atomic E-state index is 0.144. The van der Waals surface area contributed by atoms with E-state index in [1.807, 2.05) is 13.0 Å². The molecule has 2 heterocycles. The maximum atomic E-state index is 11.9. The molecule has 0 aliphatic carbocycles. The molecule has 28 heavy (non-hydrogen) atoms. The van der Waals surface area contributed by atoms with Crippen LogP contribution in [0.3, 0.4) is 0 Å². The summed E-state index contributed by atoms with van der Waals surface area (Å²) in [6.45, 7) is 2.47. The Kier molecular flexibility index (Phi) is 9.61. The van der Waals surface area contributed by atoms with Crippen LogP contribution in [0.15, 0.2) is 6.07 Å². The molecule has 0 saturated carbocycles. The summed E-state index contributed by atoms with van der Waals surface area (Å²) in [5.74, 6) is -2.37. The molecule has 2 aromatic rings. The van der Waals surface area contributed by atoms with Crippen molar-refractivity contribution in [3.63, 3.8) is 0 Å². The van der Waals surface area contributed by atoms with Crippen LogP contribution in [0.25, 0.3) is 10.3 Å². The molecule has 0 spiro atoms. The number of rotatable bonds is 8. The molecule has 4 N–H and O–H groups in total. The van der Waals surface area contributed by atoms with Crippen molar-refractivity contribution in [3.8, 4) is 0 Å². The number of amides is 1. The molecule has 0 aromatic carbocycles. The van der Waals surface area contributed by atoms with Crippen LogP contribution in [0.4, 0.5) is 13.2 Å². The van der Waals surface area contributed by atoms with E-state index in [2.05, 4.69) is 15.3 Å². The maximum Gasteiger partial charge on any atom is 0.490 e. The number of fused-ring (bicyclic) bond motifs is 1. The van der Waals surface area contributed by atoms with Crippen molar-refractivity contribution in [2.45, 2.75) is 19.5 Å². The van der Waals surface area contributed by atoms with Crippen LogP contribution in [-0.4, -0.2) is 62.3 Å². The van der Waals surface area contributed by atoms with E-state index in [0.717, 1.165) is 21.1 Å². The molecule has 2 aromatic heterocycles.